The molecule has 0 radical (unpaired) electrons. The smallest absolute Gasteiger partial charge is 0.220 e. The van der Waals surface area contributed by atoms with Crippen molar-refractivity contribution in [3.63, 3.8) is 0 Å². The van der Waals surface area contributed by atoms with E-state index in [0.717, 1.165) is 55.6 Å². The molecule has 0 saturated heterocycles. The molecule has 8 aromatic rings. The Kier molecular flexibility index (Phi) is 3.63. The van der Waals surface area contributed by atoms with Crippen LogP contribution in [0.1, 0.15) is 0 Å². The van der Waals surface area contributed by atoms with Crippen LogP contribution in [0, 0.1) is 0 Å². The molecule has 0 bridgehead atoms. The maximum atomic E-state index is 6.19. The number of hydrogen-bond donors (Lipinski definition) is 0. The maximum Gasteiger partial charge on any atom is 0.220 e. The van der Waals surface area contributed by atoms with Gasteiger partial charge in [0.05, 0.1) is 22.1 Å². The van der Waals surface area contributed by atoms with Crippen LogP contribution >= 0.6 is 0 Å². The number of benzene rings is 5. The fraction of sp³-hybridized carbons (Fsp3) is 0. The van der Waals surface area contributed by atoms with E-state index in [1.165, 1.54) is 10.8 Å². The van der Waals surface area contributed by atoms with Crippen molar-refractivity contribution in [3.8, 4) is 11.6 Å². The van der Waals surface area contributed by atoms with E-state index in [0.29, 0.717) is 0 Å². The van der Waals surface area contributed by atoms with Crippen LogP contribution in [-0.2, 0) is 0 Å². The summed E-state index contributed by atoms with van der Waals surface area (Å²) in [5.74, 6) is 0.862. The van der Waals surface area contributed by atoms with Crippen LogP contribution < -0.4 is 0 Å². The van der Waals surface area contributed by atoms with Gasteiger partial charge in [0.15, 0.2) is 0 Å². The molecule has 8 rings (SSSR count). The molecule has 5 aromatic carbocycles. The number of fused-ring (bicyclic) bond motifs is 7. The SMILES string of the molecule is c1ccc(-n2c(-n3c4ccccc4c4ccccc43)nc3cc4oc5ccccc5c4cc32)cc1. The molecule has 0 unspecified atom stereocenters. The van der Waals surface area contributed by atoms with E-state index in [9.17, 15) is 0 Å². The Balaban J connectivity index is 1.56. The Morgan fingerprint density at radius 1 is 0.486 bits per heavy atom. The van der Waals surface area contributed by atoms with Gasteiger partial charge in [-0.1, -0.05) is 72.8 Å². The van der Waals surface area contributed by atoms with Crippen molar-refractivity contribution < 1.29 is 4.42 Å². The van der Waals surface area contributed by atoms with E-state index < -0.39 is 0 Å². The third-order valence-electron chi connectivity index (χ3n) is 6.93. The normalized spacial score (nSPS) is 12.0. The van der Waals surface area contributed by atoms with E-state index in [4.69, 9.17) is 9.40 Å². The monoisotopic (exact) mass is 449 g/mol. The van der Waals surface area contributed by atoms with Gasteiger partial charge in [-0.2, -0.15) is 0 Å². The molecular weight excluding hydrogens is 430 g/mol. The molecule has 0 aliphatic rings. The second-order valence-electron chi connectivity index (χ2n) is 8.89. The van der Waals surface area contributed by atoms with E-state index in [-0.39, 0.29) is 0 Å². The summed E-state index contributed by atoms with van der Waals surface area (Å²) in [6, 6.07) is 40.0. The molecule has 0 atom stereocenters. The van der Waals surface area contributed by atoms with Crippen LogP contribution in [0.4, 0.5) is 0 Å². The zero-order valence-corrected chi connectivity index (χ0v) is 18.7. The van der Waals surface area contributed by atoms with Gasteiger partial charge in [0.1, 0.15) is 11.2 Å². The molecule has 4 heteroatoms. The van der Waals surface area contributed by atoms with Gasteiger partial charge in [0, 0.05) is 33.3 Å². The van der Waals surface area contributed by atoms with Crippen molar-refractivity contribution in [1.29, 1.82) is 0 Å². The highest BCUT2D eigenvalue weighted by molar-refractivity contribution is 6.11. The van der Waals surface area contributed by atoms with Gasteiger partial charge in [-0.3, -0.25) is 9.13 Å². The molecular formula is C31H19N3O. The minimum atomic E-state index is 0.852. The van der Waals surface area contributed by atoms with E-state index >= 15 is 0 Å². The van der Waals surface area contributed by atoms with Crippen LogP contribution in [0.5, 0.6) is 0 Å². The van der Waals surface area contributed by atoms with Crippen LogP contribution in [0.15, 0.2) is 120 Å². The summed E-state index contributed by atoms with van der Waals surface area (Å²) < 4.78 is 10.7. The standard InChI is InChI=1S/C31H19N3O/c1-2-10-20(11-3-1)33-28-18-24-23-14-6-9-17-29(23)35-30(24)19-25(28)32-31(33)34-26-15-7-4-12-21(26)22-13-5-8-16-27(22)34/h1-19H. The lowest BCUT2D eigenvalue weighted by atomic mass is 10.1. The molecule has 164 valence electrons. The van der Waals surface area contributed by atoms with Crippen molar-refractivity contribution in [1.82, 2.24) is 14.1 Å². The molecule has 0 aliphatic heterocycles. The van der Waals surface area contributed by atoms with Crippen LogP contribution in [0.2, 0.25) is 0 Å². The summed E-state index contributed by atoms with van der Waals surface area (Å²) in [5.41, 5.74) is 7.03. The number of para-hydroxylation sites is 4. The summed E-state index contributed by atoms with van der Waals surface area (Å²) >= 11 is 0. The Morgan fingerprint density at radius 2 is 1.11 bits per heavy atom. The second-order valence-corrected chi connectivity index (χ2v) is 8.89. The molecule has 0 N–H and O–H groups in total. The molecule has 3 aromatic heterocycles. The van der Waals surface area contributed by atoms with Gasteiger partial charge in [-0.15, -0.1) is 0 Å². The molecule has 3 heterocycles. The molecule has 0 amide bonds. The van der Waals surface area contributed by atoms with Crippen LogP contribution in [0.25, 0.3) is 66.4 Å². The lowest BCUT2D eigenvalue weighted by molar-refractivity contribution is 0.669. The lowest BCUT2D eigenvalue weighted by Gasteiger charge is -2.12. The van der Waals surface area contributed by atoms with Gasteiger partial charge in [0.2, 0.25) is 5.95 Å². The predicted octanol–water partition coefficient (Wildman–Crippen LogP) is 8.02. The zero-order chi connectivity index (χ0) is 22.9. The Labute approximate surface area is 200 Å². The highest BCUT2D eigenvalue weighted by Crippen LogP contribution is 2.37. The molecule has 35 heavy (non-hydrogen) atoms. The molecule has 0 spiro atoms. The fourth-order valence-corrected chi connectivity index (χ4v) is 5.40. The van der Waals surface area contributed by atoms with Gasteiger partial charge in [-0.05, 0) is 36.4 Å². The predicted molar refractivity (Wildman–Crippen MR) is 143 cm³/mol. The first-order chi connectivity index (χ1) is 17.4. The third kappa shape index (κ3) is 2.53. The topological polar surface area (TPSA) is 35.9 Å². The summed E-state index contributed by atoms with van der Waals surface area (Å²) in [4.78, 5) is 5.22. The Morgan fingerprint density at radius 3 is 1.86 bits per heavy atom. The number of aromatic nitrogens is 3. The second kappa shape index (κ2) is 6.84. The summed E-state index contributed by atoms with van der Waals surface area (Å²) in [5, 5.41) is 4.65. The van der Waals surface area contributed by atoms with Crippen molar-refractivity contribution in [2.75, 3.05) is 0 Å². The van der Waals surface area contributed by atoms with Gasteiger partial charge in [-0.25, -0.2) is 4.98 Å². The van der Waals surface area contributed by atoms with Gasteiger partial charge >= 0.3 is 0 Å². The van der Waals surface area contributed by atoms with Crippen molar-refractivity contribution in [3.05, 3.63) is 115 Å². The van der Waals surface area contributed by atoms with Crippen molar-refractivity contribution >= 4 is 54.8 Å². The lowest BCUT2D eigenvalue weighted by Crippen LogP contribution is -2.05. The number of rotatable bonds is 2. The number of furan rings is 1. The summed E-state index contributed by atoms with van der Waals surface area (Å²) in [7, 11) is 0. The highest BCUT2D eigenvalue weighted by atomic mass is 16.3. The van der Waals surface area contributed by atoms with Gasteiger partial charge < -0.3 is 4.42 Å². The van der Waals surface area contributed by atoms with Crippen molar-refractivity contribution in [2.45, 2.75) is 0 Å². The average Bonchev–Trinajstić information content (AvgIpc) is 3.56. The van der Waals surface area contributed by atoms with Gasteiger partial charge in [0.25, 0.3) is 0 Å². The van der Waals surface area contributed by atoms with Crippen LogP contribution in [0.3, 0.4) is 0 Å². The molecule has 4 nitrogen and oxygen atoms in total. The maximum absolute atomic E-state index is 6.19. The highest BCUT2D eigenvalue weighted by Gasteiger charge is 2.21. The molecule has 0 aliphatic carbocycles. The largest absolute Gasteiger partial charge is 0.456 e. The fourth-order valence-electron chi connectivity index (χ4n) is 5.40. The zero-order valence-electron chi connectivity index (χ0n) is 18.7. The van der Waals surface area contributed by atoms with E-state index in [1.807, 2.05) is 18.2 Å². The quantitative estimate of drug-likeness (QED) is 0.268. The van der Waals surface area contributed by atoms with E-state index in [1.54, 1.807) is 0 Å². The average molecular weight is 450 g/mol. The number of hydrogen-bond acceptors (Lipinski definition) is 2. The minimum Gasteiger partial charge on any atom is -0.456 e. The number of nitrogens with zero attached hydrogens (tertiary/aromatic N) is 3. The third-order valence-corrected chi connectivity index (χ3v) is 6.93. The first kappa shape index (κ1) is 18.6. The number of imidazole rings is 1. The molecule has 0 fully saturated rings. The Bertz CT molecular complexity index is 2000. The first-order valence-electron chi connectivity index (χ1n) is 11.7. The van der Waals surface area contributed by atoms with Crippen LogP contribution in [-0.4, -0.2) is 14.1 Å². The minimum absolute atomic E-state index is 0.852. The molecule has 0 saturated carbocycles. The summed E-state index contributed by atoms with van der Waals surface area (Å²) in [6.45, 7) is 0. The summed E-state index contributed by atoms with van der Waals surface area (Å²) in [6.07, 6.45) is 0. The van der Waals surface area contributed by atoms with Crippen molar-refractivity contribution in [2.24, 2.45) is 0 Å². The first-order valence-corrected chi connectivity index (χ1v) is 11.7. The Hall–Kier alpha value is -4.83. The van der Waals surface area contributed by atoms with E-state index in [2.05, 4.69) is 106 Å².